The fourth-order valence-electron chi connectivity index (χ4n) is 6.00. The highest BCUT2D eigenvalue weighted by Crippen LogP contribution is 2.60. The molecule has 0 aliphatic heterocycles. The van der Waals surface area contributed by atoms with Gasteiger partial charge in [-0.2, -0.15) is 26.3 Å². The van der Waals surface area contributed by atoms with E-state index in [1.807, 2.05) is 0 Å². The maximum Gasteiger partial charge on any atom is 0.435 e. The van der Waals surface area contributed by atoms with Crippen LogP contribution in [0.3, 0.4) is 0 Å². The SMILES string of the molecule is CON(C)C(=O)[C@@H]1CC[C@@]2(S(=O)(=O)c3ccc(F)cc3)c3ccc(C(F)(C(F)(F)F)C(F)(F)F)cc3CC[C@@H]12. The average molecular weight is 586 g/mol. The van der Waals surface area contributed by atoms with Crippen molar-refractivity contribution < 1.29 is 53.2 Å². The summed E-state index contributed by atoms with van der Waals surface area (Å²) in [5.41, 5.74) is -7.74. The van der Waals surface area contributed by atoms with Gasteiger partial charge in [-0.25, -0.2) is 22.3 Å². The van der Waals surface area contributed by atoms with E-state index in [1.54, 1.807) is 0 Å². The van der Waals surface area contributed by atoms with E-state index in [0.29, 0.717) is 12.1 Å². The highest BCUT2D eigenvalue weighted by atomic mass is 32.2. The molecule has 0 N–H and O–H groups in total. The quantitative estimate of drug-likeness (QED) is 0.254. The largest absolute Gasteiger partial charge is 0.435 e. The van der Waals surface area contributed by atoms with Gasteiger partial charge in [-0.05, 0) is 67.0 Å². The summed E-state index contributed by atoms with van der Waals surface area (Å²) in [5, 5.41) is 0.911. The van der Waals surface area contributed by atoms with E-state index in [4.69, 9.17) is 4.84 Å². The van der Waals surface area contributed by atoms with Gasteiger partial charge in [-0.1, -0.05) is 18.2 Å². The molecule has 214 valence electrons. The second kappa shape index (κ2) is 9.43. The number of fused-ring (bicyclic) bond motifs is 3. The molecule has 0 heterocycles. The molecule has 39 heavy (non-hydrogen) atoms. The Kier molecular flexibility index (Phi) is 7.07. The summed E-state index contributed by atoms with van der Waals surface area (Å²) in [5.74, 6) is -3.16. The highest BCUT2D eigenvalue weighted by Gasteiger charge is 2.74. The zero-order chi connectivity index (χ0) is 29.2. The molecule has 0 unspecified atom stereocenters. The molecule has 1 saturated carbocycles. The minimum absolute atomic E-state index is 0.0109. The van der Waals surface area contributed by atoms with Crippen molar-refractivity contribution in [1.82, 2.24) is 5.06 Å². The molecular weight excluding hydrogens is 562 g/mol. The van der Waals surface area contributed by atoms with Gasteiger partial charge in [0.2, 0.25) is 5.91 Å². The molecule has 2 aromatic rings. The van der Waals surface area contributed by atoms with Crippen LogP contribution in [0, 0.1) is 17.7 Å². The van der Waals surface area contributed by atoms with Crippen LogP contribution in [-0.2, 0) is 36.3 Å². The van der Waals surface area contributed by atoms with Gasteiger partial charge >= 0.3 is 18.0 Å². The number of nitrogens with zero attached hydrogens (tertiary/aromatic N) is 1. The van der Waals surface area contributed by atoms with E-state index in [9.17, 15) is 48.3 Å². The molecule has 2 aliphatic carbocycles. The minimum atomic E-state index is -6.34. The van der Waals surface area contributed by atoms with E-state index in [2.05, 4.69) is 0 Å². The first-order valence-electron chi connectivity index (χ1n) is 11.7. The van der Waals surface area contributed by atoms with Crippen LogP contribution in [0.4, 0.5) is 35.1 Å². The molecule has 0 spiro atoms. The highest BCUT2D eigenvalue weighted by molar-refractivity contribution is 7.92. The van der Waals surface area contributed by atoms with Crippen molar-refractivity contribution in [2.24, 2.45) is 11.8 Å². The van der Waals surface area contributed by atoms with Crippen molar-refractivity contribution in [2.75, 3.05) is 14.2 Å². The Hall–Kier alpha value is -2.74. The number of carbonyl (C=O) groups is 1. The number of amides is 1. The number of carbonyl (C=O) groups excluding carboxylic acids is 1. The third-order valence-electron chi connectivity index (χ3n) is 7.88. The van der Waals surface area contributed by atoms with E-state index in [0.717, 1.165) is 35.4 Å². The lowest BCUT2D eigenvalue weighted by Gasteiger charge is -2.43. The fraction of sp³-hybridized carbons (Fsp3) is 0.480. The molecule has 0 aromatic heterocycles. The van der Waals surface area contributed by atoms with E-state index in [-0.39, 0.29) is 41.7 Å². The van der Waals surface area contributed by atoms with E-state index >= 15 is 0 Å². The second-order valence-electron chi connectivity index (χ2n) is 9.68. The van der Waals surface area contributed by atoms with Gasteiger partial charge in [0.15, 0.2) is 9.84 Å². The predicted molar refractivity (Wildman–Crippen MR) is 121 cm³/mol. The molecule has 2 aromatic carbocycles. The number of hydrogen-bond donors (Lipinski definition) is 0. The number of hydrogen-bond acceptors (Lipinski definition) is 4. The third kappa shape index (κ3) is 4.21. The number of sulfone groups is 1. The summed E-state index contributed by atoms with van der Waals surface area (Å²) in [4.78, 5) is 17.7. The first-order valence-corrected chi connectivity index (χ1v) is 13.2. The number of alkyl halides is 7. The monoisotopic (exact) mass is 585 g/mol. The zero-order valence-electron chi connectivity index (χ0n) is 20.5. The van der Waals surface area contributed by atoms with Gasteiger partial charge in [0.1, 0.15) is 10.6 Å². The van der Waals surface area contributed by atoms with Crippen molar-refractivity contribution >= 4 is 15.7 Å². The Balaban J connectivity index is 1.96. The number of aryl methyl sites for hydroxylation is 1. The summed E-state index contributed by atoms with van der Waals surface area (Å²) in [6, 6.07) is 5.25. The molecule has 1 amide bonds. The molecule has 0 saturated heterocycles. The topological polar surface area (TPSA) is 63.7 Å². The van der Waals surface area contributed by atoms with E-state index in [1.165, 1.54) is 14.2 Å². The maximum atomic E-state index is 14.8. The van der Waals surface area contributed by atoms with Crippen LogP contribution >= 0.6 is 0 Å². The van der Waals surface area contributed by atoms with Crippen LogP contribution < -0.4 is 0 Å². The summed E-state index contributed by atoms with van der Waals surface area (Å²) in [6.45, 7) is 0. The Morgan fingerprint density at radius 2 is 1.56 bits per heavy atom. The normalized spacial score (nSPS) is 23.7. The van der Waals surface area contributed by atoms with Gasteiger partial charge < -0.3 is 0 Å². The molecule has 3 atom stereocenters. The maximum absolute atomic E-state index is 14.8. The molecule has 4 rings (SSSR count). The standard InChI is InChI=1S/C25H23F8NO4S/c1-34(38-2)21(35)18-11-12-22(39(36,37)17-7-5-16(26)6-8-17)19-10-4-15(13-14(19)3-9-20(18)22)23(27,24(28,29)30)25(31,32)33/h4-8,10,13,18,20H,3,9,11-12H2,1-2H3/t18-,20+,22-/m1/s1. The second-order valence-corrected chi connectivity index (χ2v) is 11.9. The molecule has 2 aliphatic rings. The average Bonchev–Trinajstić information content (AvgIpc) is 3.27. The van der Waals surface area contributed by atoms with Crippen molar-refractivity contribution in [2.45, 2.75) is 53.3 Å². The molecule has 0 bridgehead atoms. The first-order chi connectivity index (χ1) is 17.9. The molecular formula is C25H23F8NO4S. The minimum Gasteiger partial charge on any atom is -0.275 e. The summed E-state index contributed by atoms with van der Waals surface area (Å²) in [6.07, 6.45) is -13.2. The van der Waals surface area contributed by atoms with Crippen LogP contribution in [0.15, 0.2) is 47.4 Å². The Morgan fingerprint density at radius 3 is 2.10 bits per heavy atom. The van der Waals surface area contributed by atoms with Crippen molar-refractivity contribution in [3.05, 3.63) is 65.0 Å². The molecule has 5 nitrogen and oxygen atoms in total. The summed E-state index contributed by atoms with van der Waals surface area (Å²) >= 11 is 0. The zero-order valence-corrected chi connectivity index (χ0v) is 21.4. The van der Waals surface area contributed by atoms with Crippen LogP contribution in [0.25, 0.3) is 0 Å². The van der Waals surface area contributed by atoms with Gasteiger partial charge in [-0.3, -0.25) is 9.63 Å². The smallest absolute Gasteiger partial charge is 0.275 e. The van der Waals surface area contributed by atoms with Gasteiger partial charge in [-0.15, -0.1) is 0 Å². The van der Waals surface area contributed by atoms with Crippen LogP contribution in [-0.4, -0.2) is 45.9 Å². The van der Waals surface area contributed by atoms with Crippen LogP contribution in [0.2, 0.25) is 0 Å². The first kappa shape index (κ1) is 29.2. The lowest BCUT2D eigenvalue weighted by molar-refractivity contribution is -0.348. The number of benzene rings is 2. The van der Waals surface area contributed by atoms with Gasteiger partial charge in [0.25, 0.3) is 0 Å². The third-order valence-corrected chi connectivity index (χ3v) is 10.5. The van der Waals surface area contributed by atoms with Crippen LogP contribution in [0.1, 0.15) is 36.0 Å². The van der Waals surface area contributed by atoms with Crippen molar-refractivity contribution in [3.63, 3.8) is 0 Å². The number of rotatable bonds is 5. The van der Waals surface area contributed by atoms with Gasteiger partial charge in [0, 0.05) is 18.5 Å². The lowest BCUT2D eigenvalue weighted by Crippen LogP contribution is -2.51. The molecule has 1 fully saturated rings. The van der Waals surface area contributed by atoms with Crippen LogP contribution in [0.5, 0.6) is 0 Å². The summed E-state index contributed by atoms with van der Waals surface area (Å²) < 4.78 is 135. The lowest BCUT2D eigenvalue weighted by atomic mass is 9.72. The number of hydroxylamine groups is 2. The fourth-order valence-corrected chi connectivity index (χ4v) is 8.47. The molecule has 14 heteroatoms. The van der Waals surface area contributed by atoms with E-state index < -0.39 is 61.7 Å². The number of halogens is 8. The van der Waals surface area contributed by atoms with Crippen molar-refractivity contribution in [3.8, 4) is 0 Å². The predicted octanol–water partition coefficient (Wildman–Crippen LogP) is 5.78. The molecule has 0 radical (unpaired) electrons. The van der Waals surface area contributed by atoms with Crippen molar-refractivity contribution in [1.29, 1.82) is 0 Å². The Labute approximate surface area is 218 Å². The Morgan fingerprint density at radius 1 is 0.974 bits per heavy atom. The Bertz CT molecular complexity index is 1360. The summed E-state index contributed by atoms with van der Waals surface area (Å²) in [7, 11) is -1.98. The van der Waals surface area contributed by atoms with Gasteiger partial charge in [0.05, 0.1) is 12.0 Å².